The van der Waals surface area contributed by atoms with Crippen molar-refractivity contribution in [3.63, 3.8) is 0 Å². The number of aliphatic carboxylic acids is 1. The number of rotatable bonds is 4. The quantitative estimate of drug-likeness (QED) is 0.851. The van der Waals surface area contributed by atoms with Gasteiger partial charge in [0.15, 0.2) is 0 Å². The molecule has 114 valence electrons. The van der Waals surface area contributed by atoms with Crippen molar-refractivity contribution in [3.05, 3.63) is 0 Å². The third kappa shape index (κ3) is 3.51. The van der Waals surface area contributed by atoms with Crippen LogP contribution in [-0.4, -0.2) is 48.7 Å². The Labute approximate surface area is 120 Å². The molecule has 5 heteroatoms. The number of carbonyl (C=O) groups is 2. The SMILES string of the molecule is CC1CC(C(=O)O)C(C(=O)N(C)CC2CCOCC2)C1. The lowest BCUT2D eigenvalue weighted by Gasteiger charge is -2.29. The van der Waals surface area contributed by atoms with E-state index in [2.05, 4.69) is 0 Å². The van der Waals surface area contributed by atoms with Crippen LogP contribution in [0.2, 0.25) is 0 Å². The van der Waals surface area contributed by atoms with Gasteiger partial charge in [-0.3, -0.25) is 9.59 Å². The molecular formula is C15H25NO4. The summed E-state index contributed by atoms with van der Waals surface area (Å²) >= 11 is 0. The van der Waals surface area contributed by atoms with Crippen molar-refractivity contribution in [3.8, 4) is 0 Å². The van der Waals surface area contributed by atoms with E-state index in [0.29, 0.717) is 24.7 Å². The average molecular weight is 283 g/mol. The second-order valence-electron chi connectivity index (χ2n) is 6.40. The van der Waals surface area contributed by atoms with Crippen molar-refractivity contribution in [2.75, 3.05) is 26.8 Å². The van der Waals surface area contributed by atoms with Crippen molar-refractivity contribution in [2.45, 2.75) is 32.6 Å². The summed E-state index contributed by atoms with van der Waals surface area (Å²) in [5.74, 6) is -0.858. The smallest absolute Gasteiger partial charge is 0.307 e. The summed E-state index contributed by atoms with van der Waals surface area (Å²) in [7, 11) is 1.81. The molecule has 0 radical (unpaired) electrons. The Bertz CT molecular complexity index is 365. The van der Waals surface area contributed by atoms with Crippen molar-refractivity contribution >= 4 is 11.9 Å². The lowest BCUT2D eigenvalue weighted by atomic mass is 9.93. The fraction of sp³-hybridized carbons (Fsp3) is 0.867. The Hall–Kier alpha value is -1.10. The van der Waals surface area contributed by atoms with Crippen molar-refractivity contribution in [2.24, 2.45) is 23.7 Å². The summed E-state index contributed by atoms with van der Waals surface area (Å²) in [4.78, 5) is 25.5. The van der Waals surface area contributed by atoms with E-state index in [4.69, 9.17) is 4.74 Å². The molecule has 5 nitrogen and oxygen atoms in total. The Balaban J connectivity index is 1.93. The highest BCUT2D eigenvalue weighted by Gasteiger charge is 2.42. The zero-order chi connectivity index (χ0) is 14.7. The maximum Gasteiger partial charge on any atom is 0.307 e. The van der Waals surface area contributed by atoms with E-state index in [1.54, 1.807) is 11.9 Å². The zero-order valence-electron chi connectivity index (χ0n) is 12.4. The number of carboxylic acids is 1. The second-order valence-corrected chi connectivity index (χ2v) is 6.40. The molecule has 0 bridgehead atoms. The van der Waals surface area contributed by atoms with Crippen LogP contribution in [0.25, 0.3) is 0 Å². The van der Waals surface area contributed by atoms with Crippen molar-refractivity contribution in [1.29, 1.82) is 0 Å². The molecule has 20 heavy (non-hydrogen) atoms. The van der Waals surface area contributed by atoms with Crippen LogP contribution in [0, 0.1) is 23.7 Å². The molecule has 1 heterocycles. The minimum absolute atomic E-state index is 0.00763. The summed E-state index contributed by atoms with van der Waals surface area (Å²) in [5.41, 5.74) is 0. The summed E-state index contributed by atoms with van der Waals surface area (Å²) in [5, 5.41) is 9.27. The summed E-state index contributed by atoms with van der Waals surface area (Å²) in [6.45, 7) is 4.29. The number of ether oxygens (including phenoxy) is 1. The van der Waals surface area contributed by atoms with Gasteiger partial charge in [-0.2, -0.15) is 0 Å². The molecule has 0 aromatic rings. The Kier molecular flexibility index (Phi) is 5.02. The highest BCUT2D eigenvalue weighted by molar-refractivity contribution is 5.85. The largest absolute Gasteiger partial charge is 0.481 e. The fourth-order valence-electron chi connectivity index (χ4n) is 3.53. The van der Waals surface area contributed by atoms with E-state index in [1.807, 2.05) is 6.92 Å². The molecule has 1 saturated heterocycles. The van der Waals surface area contributed by atoms with Crippen molar-refractivity contribution < 1.29 is 19.4 Å². The molecule has 3 unspecified atom stereocenters. The van der Waals surface area contributed by atoms with Gasteiger partial charge in [-0.15, -0.1) is 0 Å². The third-order valence-corrected chi connectivity index (χ3v) is 4.68. The molecule has 1 amide bonds. The normalized spacial score (nSPS) is 31.2. The molecule has 1 aliphatic carbocycles. The van der Waals surface area contributed by atoms with Crippen LogP contribution in [0.5, 0.6) is 0 Å². The van der Waals surface area contributed by atoms with Gasteiger partial charge in [-0.05, 0) is 37.5 Å². The average Bonchev–Trinajstić information content (AvgIpc) is 2.81. The van der Waals surface area contributed by atoms with Crippen LogP contribution in [0.4, 0.5) is 0 Å². The van der Waals surface area contributed by atoms with Gasteiger partial charge in [0.1, 0.15) is 0 Å². The molecular weight excluding hydrogens is 258 g/mol. The maximum absolute atomic E-state index is 12.5. The van der Waals surface area contributed by atoms with Gasteiger partial charge in [0, 0.05) is 26.8 Å². The second kappa shape index (κ2) is 6.57. The minimum atomic E-state index is -0.827. The van der Waals surface area contributed by atoms with Gasteiger partial charge >= 0.3 is 5.97 Å². The molecule has 0 aromatic heterocycles. The van der Waals surface area contributed by atoms with E-state index in [0.717, 1.165) is 32.6 Å². The molecule has 3 atom stereocenters. The van der Waals surface area contributed by atoms with E-state index in [1.165, 1.54) is 0 Å². The molecule has 2 aliphatic rings. The number of hydrogen-bond acceptors (Lipinski definition) is 3. The molecule has 2 fully saturated rings. The highest BCUT2D eigenvalue weighted by atomic mass is 16.5. The van der Waals surface area contributed by atoms with Crippen molar-refractivity contribution in [1.82, 2.24) is 4.90 Å². The van der Waals surface area contributed by atoms with Gasteiger partial charge in [0.05, 0.1) is 11.8 Å². The molecule has 2 rings (SSSR count). The molecule has 1 aliphatic heterocycles. The van der Waals surface area contributed by atoms with Crippen LogP contribution in [0.3, 0.4) is 0 Å². The predicted molar refractivity (Wildman–Crippen MR) is 74.2 cm³/mol. The lowest BCUT2D eigenvalue weighted by Crippen LogP contribution is -2.40. The first-order valence-electron chi connectivity index (χ1n) is 7.54. The number of amides is 1. The Morgan fingerprint density at radius 1 is 1.20 bits per heavy atom. The summed E-state index contributed by atoms with van der Waals surface area (Å²) < 4.78 is 5.32. The molecule has 1 saturated carbocycles. The van der Waals surface area contributed by atoms with Gasteiger partial charge < -0.3 is 14.7 Å². The minimum Gasteiger partial charge on any atom is -0.481 e. The van der Waals surface area contributed by atoms with Crippen LogP contribution >= 0.6 is 0 Å². The summed E-state index contributed by atoms with van der Waals surface area (Å²) in [6, 6.07) is 0. The van der Waals surface area contributed by atoms with Gasteiger partial charge in [0.2, 0.25) is 5.91 Å². The van der Waals surface area contributed by atoms with E-state index >= 15 is 0 Å². The Morgan fingerprint density at radius 3 is 2.40 bits per heavy atom. The van der Waals surface area contributed by atoms with Gasteiger partial charge in [0.25, 0.3) is 0 Å². The van der Waals surface area contributed by atoms with Crippen LogP contribution in [-0.2, 0) is 14.3 Å². The summed E-state index contributed by atoms with van der Waals surface area (Å²) in [6.07, 6.45) is 3.30. The standard InChI is InChI=1S/C15H25NO4/c1-10-7-12(13(8-10)15(18)19)14(17)16(2)9-11-3-5-20-6-4-11/h10-13H,3-9H2,1-2H3,(H,18,19). The fourth-order valence-corrected chi connectivity index (χ4v) is 3.53. The van der Waals surface area contributed by atoms with Crippen LogP contribution in [0.15, 0.2) is 0 Å². The van der Waals surface area contributed by atoms with Crippen LogP contribution < -0.4 is 0 Å². The lowest BCUT2D eigenvalue weighted by molar-refractivity contribution is -0.148. The third-order valence-electron chi connectivity index (χ3n) is 4.68. The molecule has 1 N–H and O–H groups in total. The molecule has 0 spiro atoms. The zero-order valence-corrected chi connectivity index (χ0v) is 12.4. The monoisotopic (exact) mass is 283 g/mol. The first kappa shape index (κ1) is 15.3. The Morgan fingerprint density at radius 2 is 1.80 bits per heavy atom. The number of carbonyl (C=O) groups excluding carboxylic acids is 1. The van der Waals surface area contributed by atoms with E-state index < -0.39 is 11.9 Å². The van der Waals surface area contributed by atoms with Crippen LogP contribution in [0.1, 0.15) is 32.6 Å². The number of hydrogen-bond donors (Lipinski definition) is 1. The number of carboxylic acid groups (broad SMARTS) is 1. The maximum atomic E-state index is 12.5. The molecule has 0 aromatic carbocycles. The highest BCUT2D eigenvalue weighted by Crippen LogP contribution is 2.37. The first-order valence-corrected chi connectivity index (χ1v) is 7.54. The number of nitrogens with zero attached hydrogens (tertiary/aromatic N) is 1. The van der Waals surface area contributed by atoms with E-state index in [9.17, 15) is 14.7 Å². The first-order chi connectivity index (χ1) is 9.49. The van der Waals surface area contributed by atoms with E-state index in [-0.39, 0.29) is 11.8 Å². The van der Waals surface area contributed by atoms with Gasteiger partial charge in [-0.25, -0.2) is 0 Å². The topological polar surface area (TPSA) is 66.8 Å². The predicted octanol–water partition coefficient (Wildman–Crippen LogP) is 1.62. The van der Waals surface area contributed by atoms with Gasteiger partial charge in [-0.1, -0.05) is 6.92 Å².